The number of amides is 1. The van der Waals surface area contributed by atoms with Gasteiger partial charge in [0.1, 0.15) is 5.91 Å². The molecule has 6 aromatic rings. The number of rotatable bonds is 8. The summed E-state index contributed by atoms with van der Waals surface area (Å²) in [7, 11) is 0. The van der Waals surface area contributed by atoms with E-state index in [0.29, 0.717) is 23.4 Å². The van der Waals surface area contributed by atoms with Gasteiger partial charge in [0.15, 0.2) is 0 Å². The fraction of sp³-hybridized carbons (Fsp3) is 0.278. The zero-order valence-corrected chi connectivity index (χ0v) is 39.0. The number of benzene rings is 5. The first-order chi connectivity index (χ1) is 27.1. The van der Waals surface area contributed by atoms with E-state index in [1.807, 2.05) is 103 Å². The molecule has 58 heavy (non-hydrogen) atoms. The van der Waals surface area contributed by atoms with Gasteiger partial charge in [0.2, 0.25) is 0 Å². The van der Waals surface area contributed by atoms with Crippen molar-refractivity contribution in [3.63, 3.8) is 0 Å². The number of carbonyl (C=O) groups excluding carboxylic acids is 1. The minimum Gasteiger partial charge on any atom is -0.621 e. The molecule has 3 nitrogen and oxygen atoms in total. The average Bonchev–Trinajstić information content (AvgIpc) is 3.19. The third-order valence-electron chi connectivity index (χ3n) is 9.44. The molecule has 0 saturated carbocycles. The van der Waals surface area contributed by atoms with Crippen LogP contribution in [0.3, 0.4) is 0 Å². The van der Waals surface area contributed by atoms with Gasteiger partial charge in [-0.3, -0.25) is 0 Å². The molecule has 0 bridgehead atoms. The van der Waals surface area contributed by atoms with Crippen LogP contribution in [-0.4, -0.2) is 10.9 Å². The fourth-order valence-corrected chi connectivity index (χ4v) is 6.18. The summed E-state index contributed by atoms with van der Waals surface area (Å²) in [6.07, 6.45) is 0. The number of hydrogen-bond donors (Lipinski definition) is 0. The molecule has 6 rings (SSSR count). The van der Waals surface area contributed by atoms with Crippen molar-refractivity contribution in [3.05, 3.63) is 216 Å². The molecule has 0 radical (unpaired) electrons. The monoisotopic (exact) mass is 846 g/mol. The van der Waals surface area contributed by atoms with Gasteiger partial charge in [-0.2, -0.15) is 73.9 Å². The van der Waals surface area contributed by atoms with Gasteiger partial charge < -0.3 is 10.1 Å². The first-order valence-electron chi connectivity index (χ1n) is 20.3. The van der Waals surface area contributed by atoms with Crippen LogP contribution in [0, 0.1) is 20.8 Å². The fourth-order valence-electron chi connectivity index (χ4n) is 6.18. The first kappa shape index (κ1) is 49.4. The van der Waals surface area contributed by atoms with E-state index in [-0.39, 0.29) is 43.9 Å². The summed E-state index contributed by atoms with van der Waals surface area (Å²) in [5.74, 6) is 1.39. The molecule has 1 aromatic heterocycles. The maximum Gasteiger partial charge on any atom is 4.00 e. The average molecular weight is 848 g/mol. The number of aromatic nitrogens is 1. The maximum absolute atomic E-state index is 13.5. The van der Waals surface area contributed by atoms with E-state index in [1.165, 1.54) is 16.7 Å². The molecule has 0 unspecified atom stereocenters. The Balaban J connectivity index is 0.000000421. The standard InChI is InChI=1S/C33H44N2O.3C7H7.Zr/c1-19(2)24-17-27(22(7)8)31(28(18-24)23(9)10)29-15-12-16-30(34-29)33(36)35-32-25(20(3)4)13-11-14-26(32)21(5)6;3*1-7-5-3-2-4-6-7;/h11-23H,1-10H3,(H,35,36);3*2-6H,1H2;/q;3*-1;+4/p-1. The zero-order valence-electron chi connectivity index (χ0n) is 36.6. The zero-order chi connectivity index (χ0) is 42.1. The molecule has 0 fully saturated rings. The third-order valence-corrected chi connectivity index (χ3v) is 9.44. The Kier molecular flexibility index (Phi) is 21.2. The van der Waals surface area contributed by atoms with Crippen molar-refractivity contribution < 1.29 is 31.0 Å². The minimum absolute atomic E-state index is 0. The quantitative estimate of drug-likeness (QED) is 0.143. The van der Waals surface area contributed by atoms with Crippen LogP contribution in [0.2, 0.25) is 0 Å². The molecule has 0 aliphatic carbocycles. The van der Waals surface area contributed by atoms with Crippen molar-refractivity contribution >= 4 is 11.6 Å². The molecule has 0 aliphatic heterocycles. The van der Waals surface area contributed by atoms with Crippen molar-refractivity contribution in [3.8, 4) is 11.3 Å². The number of hydrogen-bond acceptors (Lipinski definition) is 2. The Bertz CT molecular complexity index is 1940. The molecule has 0 aliphatic rings. The van der Waals surface area contributed by atoms with Crippen LogP contribution in [0.25, 0.3) is 16.6 Å². The SMILES string of the molecule is CC(C)c1cc(C(C)C)c(-c2cccc(C(=O)[N-]c3c(C(C)C)cccc3C(C)C)n2)c(C(C)C)c1.[CH2-]c1ccccc1.[CH2-]c1ccccc1.[CH2-]c1ccccc1.[Zr+4]. The van der Waals surface area contributed by atoms with E-state index in [9.17, 15) is 4.79 Å². The second-order valence-corrected chi connectivity index (χ2v) is 15.9. The molecule has 0 spiro atoms. The van der Waals surface area contributed by atoms with Crippen LogP contribution in [0.4, 0.5) is 5.69 Å². The largest absolute Gasteiger partial charge is 4.00 e. The Hall–Kier alpha value is -4.79. The molecule has 1 heterocycles. The van der Waals surface area contributed by atoms with Crippen LogP contribution in [-0.2, 0) is 26.2 Å². The molecule has 4 heteroatoms. The number of carbonyl (C=O) groups is 1. The summed E-state index contributed by atoms with van der Waals surface area (Å²) in [6.45, 7) is 33.1. The predicted octanol–water partition coefficient (Wildman–Crippen LogP) is 15.8. The Labute approximate surface area is 371 Å². The Morgan fingerprint density at radius 1 is 0.466 bits per heavy atom. The number of para-hydroxylation sites is 1. The van der Waals surface area contributed by atoms with Gasteiger partial charge >= 0.3 is 26.2 Å². The number of nitrogens with zero attached hydrogens (tertiary/aromatic N) is 2. The van der Waals surface area contributed by atoms with Gasteiger partial charge in [-0.05, 0) is 58.4 Å². The van der Waals surface area contributed by atoms with Gasteiger partial charge in [-0.1, -0.05) is 135 Å². The van der Waals surface area contributed by atoms with Crippen molar-refractivity contribution in [2.45, 2.75) is 98.8 Å². The maximum atomic E-state index is 13.5. The molecule has 300 valence electrons. The smallest absolute Gasteiger partial charge is 0.621 e. The van der Waals surface area contributed by atoms with E-state index >= 15 is 0 Å². The van der Waals surface area contributed by atoms with Gasteiger partial charge in [0.05, 0.1) is 11.4 Å². The normalized spacial score (nSPS) is 10.5. The Morgan fingerprint density at radius 3 is 1.14 bits per heavy atom. The predicted molar refractivity (Wildman–Crippen MR) is 247 cm³/mol. The molecular weight excluding hydrogens is 784 g/mol. The molecular formula is C54H64N2OZr. The third kappa shape index (κ3) is 15.5. The van der Waals surface area contributed by atoms with Crippen molar-refractivity contribution in [2.24, 2.45) is 0 Å². The topological polar surface area (TPSA) is 44.1 Å². The van der Waals surface area contributed by atoms with E-state index in [2.05, 4.69) is 126 Å². The van der Waals surface area contributed by atoms with E-state index in [0.717, 1.165) is 44.8 Å². The van der Waals surface area contributed by atoms with Gasteiger partial charge in [0.25, 0.3) is 0 Å². The summed E-state index contributed by atoms with van der Waals surface area (Å²) < 4.78 is 0. The first-order valence-corrected chi connectivity index (χ1v) is 20.3. The summed E-state index contributed by atoms with van der Waals surface area (Å²) in [5.41, 5.74) is 12.5. The van der Waals surface area contributed by atoms with Gasteiger partial charge in [-0.15, -0.1) is 42.1 Å². The van der Waals surface area contributed by atoms with Crippen LogP contribution in [0.5, 0.6) is 0 Å². The summed E-state index contributed by atoms with van der Waals surface area (Å²) in [5, 5.41) is 4.66. The van der Waals surface area contributed by atoms with E-state index in [1.54, 1.807) is 6.07 Å². The van der Waals surface area contributed by atoms with Crippen molar-refractivity contribution in [2.75, 3.05) is 0 Å². The summed E-state index contributed by atoms with van der Waals surface area (Å²) >= 11 is 0. The molecule has 0 N–H and O–H groups in total. The summed E-state index contributed by atoms with van der Waals surface area (Å²) in [4.78, 5) is 18.4. The van der Waals surface area contributed by atoms with E-state index < -0.39 is 0 Å². The van der Waals surface area contributed by atoms with Crippen molar-refractivity contribution in [1.29, 1.82) is 0 Å². The second kappa shape index (κ2) is 24.9. The van der Waals surface area contributed by atoms with Crippen LogP contribution in [0.1, 0.15) is 154 Å². The van der Waals surface area contributed by atoms with Gasteiger partial charge in [-0.25, -0.2) is 4.98 Å². The van der Waals surface area contributed by atoms with Crippen LogP contribution in [0.15, 0.2) is 140 Å². The molecule has 0 saturated heterocycles. The number of pyridine rings is 1. The molecule has 5 aromatic carbocycles. The Morgan fingerprint density at radius 2 is 0.828 bits per heavy atom. The minimum atomic E-state index is -0.289. The van der Waals surface area contributed by atoms with Crippen LogP contribution < -0.4 is 0 Å². The van der Waals surface area contributed by atoms with Crippen molar-refractivity contribution in [1.82, 2.24) is 4.98 Å². The van der Waals surface area contributed by atoms with E-state index in [4.69, 9.17) is 4.98 Å². The molecule has 1 amide bonds. The molecule has 0 atom stereocenters. The second-order valence-electron chi connectivity index (χ2n) is 15.9. The van der Waals surface area contributed by atoms with Gasteiger partial charge in [0, 0.05) is 5.56 Å². The summed E-state index contributed by atoms with van der Waals surface area (Å²) in [6, 6.07) is 46.2. The van der Waals surface area contributed by atoms with Crippen LogP contribution >= 0.6 is 0 Å².